The summed E-state index contributed by atoms with van der Waals surface area (Å²) in [5.41, 5.74) is 0.110. The minimum atomic E-state index is -2.92. The Morgan fingerprint density at radius 1 is 1.12 bits per heavy atom. The van der Waals surface area contributed by atoms with Gasteiger partial charge in [0.25, 0.3) is 0 Å². The summed E-state index contributed by atoms with van der Waals surface area (Å²) in [4.78, 5) is 0. The van der Waals surface area contributed by atoms with E-state index in [2.05, 4.69) is 4.74 Å². The Bertz CT molecular complexity index is 560. The Hall–Kier alpha value is -2.15. The first-order valence-electron chi connectivity index (χ1n) is 4.58. The van der Waals surface area contributed by atoms with Gasteiger partial charge in [-0.1, -0.05) is 24.3 Å². The highest BCUT2D eigenvalue weighted by Crippen LogP contribution is 2.26. The molecule has 0 spiro atoms. The Labute approximate surface area is 90.7 Å². The molecule has 2 nitrogen and oxygen atoms in total. The molecule has 0 bridgehead atoms. The van der Waals surface area contributed by atoms with Crippen LogP contribution in [0.25, 0.3) is 10.8 Å². The van der Waals surface area contributed by atoms with Crippen LogP contribution in [0.3, 0.4) is 0 Å². The van der Waals surface area contributed by atoms with E-state index in [4.69, 9.17) is 5.26 Å². The van der Waals surface area contributed by atoms with Crippen LogP contribution in [0.2, 0.25) is 0 Å². The van der Waals surface area contributed by atoms with Gasteiger partial charge >= 0.3 is 6.61 Å². The number of alkyl halides is 2. The van der Waals surface area contributed by atoms with Crippen molar-refractivity contribution < 1.29 is 13.5 Å². The molecule has 0 heterocycles. The lowest BCUT2D eigenvalue weighted by Gasteiger charge is -2.07. The molecule has 4 heteroatoms. The van der Waals surface area contributed by atoms with Gasteiger partial charge in [0.1, 0.15) is 11.8 Å². The molecule has 2 aromatic rings. The predicted octanol–water partition coefficient (Wildman–Crippen LogP) is 3.31. The highest BCUT2D eigenvalue weighted by molar-refractivity contribution is 5.85. The predicted molar refractivity (Wildman–Crippen MR) is 55.3 cm³/mol. The Morgan fingerprint density at radius 2 is 1.75 bits per heavy atom. The van der Waals surface area contributed by atoms with Crippen LogP contribution < -0.4 is 4.74 Å². The highest BCUT2D eigenvalue weighted by atomic mass is 19.3. The summed E-state index contributed by atoms with van der Waals surface area (Å²) in [6.07, 6.45) is 0. The fraction of sp³-hybridized carbons (Fsp3) is 0.0833. The topological polar surface area (TPSA) is 33.0 Å². The van der Waals surface area contributed by atoms with Gasteiger partial charge in [-0.25, -0.2) is 0 Å². The quantitative estimate of drug-likeness (QED) is 0.776. The van der Waals surface area contributed by atoms with Crippen molar-refractivity contribution in [2.75, 3.05) is 0 Å². The van der Waals surface area contributed by atoms with Gasteiger partial charge in [-0.2, -0.15) is 14.0 Å². The van der Waals surface area contributed by atoms with Crippen molar-refractivity contribution in [2.24, 2.45) is 0 Å². The molecule has 0 saturated heterocycles. The van der Waals surface area contributed by atoms with E-state index in [-0.39, 0.29) is 11.3 Å². The molecule has 2 aromatic carbocycles. The van der Waals surface area contributed by atoms with Crippen molar-refractivity contribution in [3.8, 4) is 11.8 Å². The molecule has 0 saturated carbocycles. The van der Waals surface area contributed by atoms with Crippen LogP contribution in [0.1, 0.15) is 5.56 Å². The summed E-state index contributed by atoms with van der Waals surface area (Å²) in [5.74, 6) is -0.0869. The van der Waals surface area contributed by atoms with Gasteiger partial charge in [0.2, 0.25) is 0 Å². The molecule has 2 rings (SSSR count). The number of nitriles is 1. The zero-order valence-corrected chi connectivity index (χ0v) is 8.15. The van der Waals surface area contributed by atoms with E-state index in [1.165, 1.54) is 12.1 Å². The lowest BCUT2D eigenvalue weighted by molar-refractivity contribution is -0.0499. The summed E-state index contributed by atoms with van der Waals surface area (Å²) in [6, 6.07) is 12.0. The molecule has 0 atom stereocenters. The summed E-state index contributed by atoms with van der Waals surface area (Å²) in [5, 5.41) is 10.4. The number of ether oxygens (including phenoxy) is 1. The SMILES string of the molecule is N#Cc1cc2ccccc2cc1OC(F)F. The van der Waals surface area contributed by atoms with Crippen LogP contribution in [-0.2, 0) is 0 Å². The monoisotopic (exact) mass is 219 g/mol. The minimum Gasteiger partial charge on any atom is -0.433 e. The summed E-state index contributed by atoms with van der Waals surface area (Å²) < 4.78 is 28.5. The van der Waals surface area contributed by atoms with Crippen molar-refractivity contribution in [3.63, 3.8) is 0 Å². The molecule has 0 fully saturated rings. The molecule has 0 unspecified atom stereocenters. The van der Waals surface area contributed by atoms with E-state index >= 15 is 0 Å². The minimum absolute atomic E-state index is 0.0869. The van der Waals surface area contributed by atoms with Crippen LogP contribution in [-0.4, -0.2) is 6.61 Å². The maximum atomic E-state index is 12.1. The Balaban J connectivity index is 2.59. The lowest BCUT2D eigenvalue weighted by atomic mass is 10.1. The van der Waals surface area contributed by atoms with E-state index in [0.717, 1.165) is 10.8 Å². The second kappa shape index (κ2) is 4.15. The van der Waals surface area contributed by atoms with Gasteiger partial charge in [0, 0.05) is 0 Å². The van der Waals surface area contributed by atoms with Crippen molar-refractivity contribution in [2.45, 2.75) is 6.61 Å². The second-order valence-corrected chi connectivity index (χ2v) is 3.19. The molecule has 0 N–H and O–H groups in total. The average molecular weight is 219 g/mol. The second-order valence-electron chi connectivity index (χ2n) is 3.19. The largest absolute Gasteiger partial charge is 0.433 e. The third-order valence-corrected chi connectivity index (χ3v) is 2.18. The number of fused-ring (bicyclic) bond motifs is 1. The normalized spacial score (nSPS) is 10.4. The number of nitrogens with zero attached hydrogens (tertiary/aromatic N) is 1. The van der Waals surface area contributed by atoms with Crippen molar-refractivity contribution >= 4 is 10.8 Å². The van der Waals surface area contributed by atoms with Gasteiger partial charge in [0.15, 0.2) is 0 Å². The molecular formula is C12H7F2NO. The Kier molecular flexibility index (Phi) is 2.69. The number of halogens is 2. The summed E-state index contributed by atoms with van der Waals surface area (Å²) >= 11 is 0. The third-order valence-electron chi connectivity index (χ3n) is 2.18. The molecule has 0 aliphatic rings. The number of hydrogen-bond donors (Lipinski definition) is 0. The molecule has 80 valence electrons. The smallest absolute Gasteiger partial charge is 0.387 e. The molecule has 0 amide bonds. The number of hydrogen-bond acceptors (Lipinski definition) is 2. The van der Waals surface area contributed by atoms with Gasteiger partial charge in [0.05, 0.1) is 5.56 Å². The van der Waals surface area contributed by atoms with E-state index in [1.54, 1.807) is 12.1 Å². The molecule has 0 aliphatic carbocycles. The fourth-order valence-corrected chi connectivity index (χ4v) is 1.50. The first-order chi connectivity index (χ1) is 7.70. The zero-order valence-electron chi connectivity index (χ0n) is 8.15. The first kappa shape index (κ1) is 10.4. The first-order valence-corrected chi connectivity index (χ1v) is 4.58. The zero-order chi connectivity index (χ0) is 11.5. The van der Waals surface area contributed by atoms with Crippen LogP contribution in [0, 0.1) is 11.3 Å². The average Bonchev–Trinajstić information content (AvgIpc) is 2.27. The van der Waals surface area contributed by atoms with E-state index in [0.29, 0.717) is 0 Å². The van der Waals surface area contributed by atoms with Crippen LogP contribution in [0.15, 0.2) is 36.4 Å². The highest BCUT2D eigenvalue weighted by Gasteiger charge is 2.10. The van der Waals surface area contributed by atoms with E-state index in [9.17, 15) is 8.78 Å². The molecule has 0 aromatic heterocycles. The molecule has 0 aliphatic heterocycles. The lowest BCUT2D eigenvalue weighted by Crippen LogP contribution is -2.03. The van der Waals surface area contributed by atoms with Crippen LogP contribution in [0.4, 0.5) is 8.78 Å². The Morgan fingerprint density at radius 3 is 2.31 bits per heavy atom. The number of benzene rings is 2. The molecular weight excluding hydrogens is 212 g/mol. The van der Waals surface area contributed by atoms with Gasteiger partial charge < -0.3 is 4.74 Å². The fourth-order valence-electron chi connectivity index (χ4n) is 1.50. The standard InChI is InChI=1S/C12H7F2NO/c13-12(14)16-11-6-9-4-2-1-3-8(9)5-10(11)7-15/h1-6,12H. The maximum absolute atomic E-state index is 12.1. The molecule has 16 heavy (non-hydrogen) atoms. The van der Waals surface area contributed by atoms with E-state index < -0.39 is 6.61 Å². The van der Waals surface area contributed by atoms with Crippen molar-refractivity contribution in [3.05, 3.63) is 42.0 Å². The van der Waals surface area contributed by atoms with Crippen molar-refractivity contribution in [1.82, 2.24) is 0 Å². The van der Waals surface area contributed by atoms with Gasteiger partial charge in [-0.05, 0) is 22.9 Å². The third kappa shape index (κ3) is 1.94. The van der Waals surface area contributed by atoms with Gasteiger partial charge in [-0.3, -0.25) is 0 Å². The summed E-state index contributed by atoms with van der Waals surface area (Å²) in [7, 11) is 0. The number of rotatable bonds is 2. The van der Waals surface area contributed by atoms with Crippen LogP contribution in [0.5, 0.6) is 5.75 Å². The maximum Gasteiger partial charge on any atom is 0.387 e. The van der Waals surface area contributed by atoms with Crippen LogP contribution >= 0.6 is 0 Å². The molecule has 0 radical (unpaired) electrons. The van der Waals surface area contributed by atoms with Crippen molar-refractivity contribution in [1.29, 1.82) is 5.26 Å². The van der Waals surface area contributed by atoms with E-state index in [1.807, 2.05) is 18.2 Å². The summed E-state index contributed by atoms with van der Waals surface area (Å²) in [6.45, 7) is -2.92. The van der Waals surface area contributed by atoms with Gasteiger partial charge in [-0.15, -0.1) is 0 Å².